The Bertz CT molecular complexity index is 686. The molecule has 0 unspecified atom stereocenters. The molecule has 0 aliphatic carbocycles. The van der Waals surface area contributed by atoms with Gasteiger partial charge < -0.3 is 4.74 Å². The highest BCUT2D eigenvalue weighted by Gasteiger charge is 2.47. The topological polar surface area (TPSA) is 115 Å². The summed E-state index contributed by atoms with van der Waals surface area (Å²) in [4.78, 5) is 11.9. The summed E-state index contributed by atoms with van der Waals surface area (Å²) in [6.45, 7) is 2.23. The van der Waals surface area contributed by atoms with Crippen LogP contribution in [0.2, 0.25) is 0 Å². The SMILES string of the molecule is CCCCCCCCCCCCCCCCC(=O)O[C@H]1CS(=O)(=O)C[C@@H]1S(=O)(=O)O. The lowest BCUT2D eigenvalue weighted by Gasteiger charge is -2.16. The number of carbonyl (C=O) groups is 1. The van der Waals surface area contributed by atoms with Gasteiger partial charge in [-0.25, -0.2) is 8.42 Å². The molecule has 0 saturated carbocycles. The van der Waals surface area contributed by atoms with Crippen LogP contribution in [0.3, 0.4) is 0 Å². The number of sulfone groups is 1. The van der Waals surface area contributed by atoms with E-state index in [0.29, 0.717) is 6.42 Å². The fraction of sp³-hybridized carbons (Fsp3) is 0.952. The molecule has 30 heavy (non-hydrogen) atoms. The minimum absolute atomic E-state index is 0.132. The molecule has 0 radical (unpaired) electrons. The smallest absolute Gasteiger partial charge is 0.306 e. The fourth-order valence-electron chi connectivity index (χ4n) is 3.86. The average molecular weight is 469 g/mol. The second-order valence-electron chi connectivity index (χ2n) is 8.50. The Morgan fingerprint density at radius 2 is 1.27 bits per heavy atom. The minimum Gasteiger partial charge on any atom is -0.460 e. The van der Waals surface area contributed by atoms with Crippen LogP contribution in [0.1, 0.15) is 103 Å². The van der Waals surface area contributed by atoms with Gasteiger partial charge in [0.15, 0.2) is 9.84 Å². The third-order valence-electron chi connectivity index (χ3n) is 5.65. The molecule has 1 rings (SSSR count). The van der Waals surface area contributed by atoms with Gasteiger partial charge in [0.2, 0.25) is 0 Å². The second kappa shape index (κ2) is 14.4. The predicted octanol–water partition coefficient (Wildman–Crippen LogP) is 4.45. The Kier molecular flexibility index (Phi) is 13.1. The third-order valence-corrected chi connectivity index (χ3v) is 8.80. The molecular weight excluding hydrogens is 428 g/mol. The highest BCUT2D eigenvalue weighted by atomic mass is 32.2. The van der Waals surface area contributed by atoms with Crippen molar-refractivity contribution in [3.63, 3.8) is 0 Å². The zero-order valence-electron chi connectivity index (χ0n) is 18.4. The monoisotopic (exact) mass is 468 g/mol. The summed E-state index contributed by atoms with van der Waals surface area (Å²) in [6, 6.07) is 0. The summed E-state index contributed by atoms with van der Waals surface area (Å²) in [5.74, 6) is -1.87. The van der Waals surface area contributed by atoms with E-state index in [4.69, 9.17) is 9.29 Å². The van der Waals surface area contributed by atoms with Crippen molar-refractivity contribution in [3.05, 3.63) is 0 Å². The van der Waals surface area contributed by atoms with Crippen LogP contribution in [-0.2, 0) is 29.5 Å². The van der Waals surface area contributed by atoms with Gasteiger partial charge in [0, 0.05) is 6.42 Å². The van der Waals surface area contributed by atoms with Crippen LogP contribution >= 0.6 is 0 Å². The first-order valence-corrected chi connectivity index (χ1v) is 14.8. The van der Waals surface area contributed by atoms with Crippen LogP contribution in [0.5, 0.6) is 0 Å². The van der Waals surface area contributed by atoms with E-state index in [2.05, 4.69) is 6.92 Å². The van der Waals surface area contributed by atoms with Gasteiger partial charge in [-0.1, -0.05) is 90.4 Å². The zero-order chi connectivity index (χ0) is 22.5. The molecule has 1 aliphatic rings. The molecular formula is C21H40O7S2. The van der Waals surface area contributed by atoms with E-state index in [0.717, 1.165) is 19.3 Å². The number of hydrogen-bond donors (Lipinski definition) is 1. The fourth-order valence-corrected chi connectivity index (χ4v) is 7.48. The molecule has 9 heteroatoms. The van der Waals surface area contributed by atoms with Gasteiger partial charge in [-0.05, 0) is 6.42 Å². The molecule has 0 amide bonds. The standard InChI is InChI=1S/C21H40O7S2/c1-2-3-4-5-6-7-8-9-10-11-12-13-14-15-16-21(22)28-19-17-29(23,24)18-20(19)30(25,26)27/h19-20H,2-18H2,1H3,(H,25,26,27)/t19-,20-/m0/s1. The molecule has 178 valence electrons. The van der Waals surface area contributed by atoms with E-state index in [1.807, 2.05) is 0 Å². The van der Waals surface area contributed by atoms with E-state index >= 15 is 0 Å². The van der Waals surface area contributed by atoms with Gasteiger partial charge in [-0.15, -0.1) is 0 Å². The number of carbonyl (C=O) groups excluding carboxylic acids is 1. The van der Waals surface area contributed by atoms with Gasteiger partial charge >= 0.3 is 5.97 Å². The number of rotatable bonds is 17. The Labute approximate surface area is 183 Å². The van der Waals surface area contributed by atoms with Crippen molar-refractivity contribution >= 4 is 25.9 Å². The summed E-state index contributed by atoms with van der Waals surface area (Å²) in [5.41, 5.74) is 0. The lowest BCUT2D eigenvalue weighted by atomic mass is 10.0. The first-order valence-electron chi connectivity index (χ1n) is 11.5. The number of hydrogen-bond acceptors (Lipinski definition) is 6. The molecule has 1 saturated heterocycles. The highest BCUT2D eigenvalue weighted by molar-refractivity contribution is 7.94. The Morgan fingerprint density at radius 1 is 0.833 bits per heavy atom. The van der Waals surface area contributed by atoms with Crippen molar-refractivity contribution in [1.29, 1.82) is 0 Å². The van der Waals surface area contributed by atoms with Gasteiger partial charge in [-0.3, -0.25) is 9.35 Å². The summed E-state index contributed by atoms with van der Waals surface area (Å²) in [6.07, 6.45) is 15.6. The van der Waals surface area contributed by atoms with Crippen LogP contribution in [0.4, 0.5) is 0 Å². The van der Waals surface area contributed by atoms with Crippen molar-refractivity contribution in [3.8, 4) is 0 Å². The Balaban J connectivity index is 2.02. The maximum atomic E-state index is 11.9. The quantitative estimate of drug-likeness (QED) is 0.190. The summed E-state index contributed by atoms with van der Waals surface area (Å²) in [5, 5.41) is -1.58. The van der Waals surface area contributed by atoms with E-state index in [9.17, 15) is 21.6 Å². The molecule has 1 aliphatic heterocycles. The third kappa shape index (κ3) is 12.2. The maximum Gasteiger partial charge on any atom is 0.306 e. The molecule has 1 fully saturated rings. The van der Waals surface area contributed by atoms with Crippen LogP contribution in [0, 0.1) is 0 Å². The van der Waals surface area contributed by atoms with Gasteiger partial charge in [0.1, 0.15) is 11.4 Å². The number of ether oxygens (including phenoxy) is 1. The zero-order valence-corrected chi connectivity index (χ0v) is 20.0. The van der Waals surface area contributed by atoms with Crippen LogP contribution in [0.25, 0.3) is 0 Å². The van der Waals surface area contributed by atoms with Crippen molar-refractivity contribution in [2.24, 2.45) is 0 Å². The second-order valence-corrected chi connectivity index (χ2v) is 12.3. The highest BCUT2D eigenvalue weighted by Crippen LogP contribution is 2.23. The van der Waals surface area contributed by atoms with Crippen molar-refractivity contribution < 1.29 is 30.9 Å². The number of esters is 1. The van der Waals surface area contributed by atoms with E-state index in [1.54, 1.807) is 0 Å². The number of unbranched alkanes of at least 4 members (excludes halogenated alkanes) is 13. The normalized spacial score (nSPS) is 21.0. The van der Waals surface area contributed by atoms with Crippen LogP contribution < -0.4 is 0 Å². The lowest BCUT2D eigenvalue weighted by molar-refractivity contribution is -0.147. The van der Waals surface area contributed by atoms with E-state index in [-0.39, 0.29) is 6.42 Å². The molecule has 0 aromatic rings. The Hall–Kier alpha value is -0.670. The summed E-state index contributed by atoms with van der Waals surface area (Å²) < 4.78 is 60.0. The molecule has 0 spiro atoms. The Morgan fingerprint density at radius 3 is 1.70 bits per heavy atom. The molecule has 1 heterocycles. The van der Waals surface area contributed by atoms with E-state index < -0.39 is 48.8 Å². The molecule has 7 nitrogen and oxygen atoms in total. The van der Waals surface area contributed by atoms with Gasteiger partial charge in [0.05, 0.1) is 11.5 Å². The van der Waals surface area contributed by atoms with Gasteiger partial charge in [0.25, 0.3) is 10.1 Å². The summed E-state index contributed by atoms with van der Waals surface area (Å²) in [7, 11) is -8.21. The first kappa shape index (κ1) is 27.4. The van der Waals surface area contributed by atoms with Crippen molar-refractivity contribution in [1.82, 2.24) is 0 Å². The van der Waals surface area contributed by atoms with Crippen LogP contribution in [-0.4, -0.2) is 50.2 Å². The largest absolute Gasteiger partial charge is 0.460 e. The van der Waals surface area contributed by atoms with Crippen molar-refractivity contribution in [2.75, 3.05) is 11.5 Å². The lowest BCUT2D eigenvalue weighted by Crippen LogP contribution is -2.36. The van der Waals surface area contributed by atoms with Gasteiger partial charge in [-0.2, -0.15) is 8.42 Å². The first-order chi connectivity index (χ1) is 14.2. The predicted molar refractivity (Wildman–Crippen MR) is 119 cm³/mol. The molecule has 0 aromatic carbocycles. The molecule has 0 bridgehead atoms. The van der Waals surface area contributed by atoms with E-state index in [1.165, 1.54) is 64.2 Å². The molecule has 2 atom stereocenters. The minimum atomic E-state index is -4.57. The molecule has 1 N–H and O–H groups in total. The average Bonchev–Trinajstić information content (AvgIpc) is 2.96. The van der Waals surface area contributed by atoms with Crippen molar-refractivity contribution in [2.45, 2.75) is 115 Å². The van der Waals surface area contributed by atoms with Crippen LogP contribution in [0.15, 0.2) is 0 Å². The molecule has 0 aromatic heterocycles. The maximum absolute atomic E-state index is 11.9. The summed E-state index contributed by atoms with van der Waals surface area (Å²) >= 11 is 0.